The SMILES string of the molecule is COC(=O)CC[C@@H]1NC2(CCCCC2)C(=O)N(CC(=O)OC)C1=O. The Labute approximate surface area is 140 Å². The molecule has 134 valence electrons. The van der Waals surface area contributed by atoms with Crippen molar-refractivity contribution in [3.63, 3.8) is 0 Å². The van der Waals surface area contributed by atoms with Gasteiger partial charge in [0.15, 0.2) is 0 Å². The van der Waals surface area contributed by atoms with Crippen molar-refractivity contribution in [2.45, 2.75) is 56.5 Å². The Kier molecular flexibility index (Phi) is 5.93. The molecule has 1 atom stereocenters. The molecule has 2 aliphatic rings. The zero-order valence-electron chi connectivity index (χ0n) is 14.1. The largest absolute Gasteiger partial charge is 0.469 e. The van der Waals surface area contributed by atoms with E-state index in [2.05, 4.69) is 14.8 Å². The highest BCUT2D eigenvalue weighted by Crippen LogP contribution is 2.34. The fraction of sp³-hybridized carbons (Fsp3) is 0.750. The highest BCUT2D eigenvalue weighted by atomic mass is 16.5. The van der Waals surface area contributed by atoms with Gasteiger partial charge in [0, 0.05) is 6.42 Å². The molecule has 2 amide bonds. The molecule has 0 aromatic carbocycles. The van der Waals surface area contributed by atoms with Crippen LogP contribution in [-0.2, 0) is 28.7 Å². The maximum Gasteiger partial charge on any atom is 0.325 e. The van der Waals surface area contributed by atoms with Crippen LogP contribution in [0.1, 0.15) is 44.9 Å². The summed E-state index contributed by atoms with van der Waals surface area (Å²) in [5.41, 5.74) is -0.832. The zero-order chi connectivity index (χ0) is 17.7. The minimum atomic E-state index is -0.832. The number of amides is 2. The summed E-state index contributed by atoms with van der Waals surface area (Å²) in [4.78, 5) is 49.4. The molecule has 1 aliphatic carbocycles. The Hall–Kier alpha value is -1.96. The van der Waals surface area contributed by atoms with Crippen LogP contribution in [0, 0.1) is 0 Å². The van der Waals surface area contributed by atoms with Crippen molar-refractivity contribution in [3.05, 3.63) is 0 Å². The molecule has 1 saturated carbocycles. The number of hydrogen-bond donors (Lipinski definition) is 1. The highest BCUT2D eigenvalue weighted by molar-refractivity contribution is 6.06. The average Bonchev–Trinajstić information content (AvgIpc) is 2.61. The number of carbonyl (C=O) groups is 4. The zero-order valence-corrected chi connectivity index (χ0v) is 14.1. The summed E-state index contributed by atoms with van der Waals surface area (Å²) in [6.07, 6.45) is 4.31. The summed E-state index contributed by atoms with van der Waals surface area (Å²) in [7, 11) is 2.50. The molecule has 1 heterocycles. The minimum absolute atomic E-state index is 0.0657. The number of esters is 2. The Morgan fingerprint density at radius 2 is 1.75 bits per heavy atom. The number of ether oxygens (including phenoxy) is 2. The molecule has 0 unspecified atom stereocenters. The quantitative estimate of drug-likeness (QED) is 0.561. The molecule has 1 N–H and O–H groups in total. The van der Waals surface area contributed by atoms with Gasteiger partial charge in [-0.15, -0.1) is 0 Å². The first-order valence-electron chi connectivity index (χ1n) is 8.20. The maximum atomic E-state index is 12.8. The van der Waals surface area contributed by atoms with Gasteiger partial charge < -0.3 is 9.47 Å². The lowest BCUT2D eigenvalue weighted by Gasteiger charge is -2.46. The Bertz CT molecular complexity index is 527. The lowest BCUT2D eigenvalue weighted by Crippen LogP contribution is -2.71. The third-order valence-electron chi connectivity index (χ3n) is 4.76. The van der Waals surface area contributed by atoms with E-state index in [9.17, 15) is 19.2 Å². The molecule has 0 radical (unpaired) electrons. The van der Waals surface area contributed by atoms with Gasteiger partial charge in [-0.05, 0) is 19.3 Å². The molecular formula is C16H24N2O6. The lowest BCUT2D eigenvalue weighted by molar-refractivity contribution is -0.163. The van der Waals surface area contributed by atoms with Crippen LogP contribution < -0.4 is 5.32 Å². The van der Waals surface area contributed by atoms with Crippen LogP contribution in [0.25, 0.3) is 0 Å². The van der Waals surface area contributed by atoms with Crippen molar-refractivity contribution in [1.82, 2.24) is 10.2 Å². The van der Waals surface area contributed by atoms with Crippen LogP contribution in [0.3, 0.4) is 0 Å². The molecule has 0 aromatic heterocycles. The number of carbonyl (C=O) groups excluding carboxylic acids is 4. The van der Waals surface area contributed by atoms with Gasteiger partial charge >= 0.3 is 11.9 Å². The van der Waals surface area contributed by atoms with E-state index in [1.54, 1.807) is 0 Å². The van der Waals surface area contributed by atoms with Gasteiger partial charge in [0.05, 0.1) is 25.8 Å². The average molecular weight is 340 g/mol. The number of hydrogen-bond acceptors (Lipinski definition) is 7. The molecule has 1 saturated heterocycles. The molecule has 8 nitrogen and oxygen atoms in total. The van der Waals surface area contributed by atoms with Crippen LogP contribution in [-0.4, -0.2) is 61.0 Å². The van der Waals surface area contributed by atoms with Gasteiger partial charge in [0.1, 0.15) is 6.54 Å². The first-order chi connectivity index (χ1) is 11.4. The second-order valence-electron chi connectivity index (χ2n) is 6.26. The van der Waals surface area contributed by atoms with Gasteiger partial charge in [-0.25, -0.2) is 0 Å². The molecule has 8 heteroatoms. The van der Waals surface area contributed by atoms with E-state index in [1.165, 1.54) is 14.2 Å². The van der Waals surface area contributed by atoms with Crippen molar-refractivity contribution in [2.75, 3.05) is 20.8 Å². The van der Waals surface area contributed by atoms with Crippen LogP contribution in [0.2, 0.25) is 0 Å². The Balaban J connectivity index is 2.21. The van der Waals surface area contributed by atoms with Crippen molar-refractivity contribution in [3.8, 4) is 0 Å². The topological polar surface area (TPSA) is 102 Å². The summed E-state index contributed by atoms with van der Waals surface area (Å²) in [6, 6.07) is -0.690. The first-order valence-corrected chi connectivity index (χ1v) is 8.20. The third kappa shape index (κ3) is 3.75. The highest BCUT2D eigenvalue weighted by Gasteiger charge is 2.51. The summed E-state index contributed by atoms with van der Waals surface area (Å²) in [5, 5.41) is 3.17. The third-order valence-corrected chi connectivity index (χ3v) is 4.76. The fourth-order valence-corrected chi connectivity index (χ4v) is 3.42. The van der Waals surface area contributed by atoms with Crippen molar-refractivity contribution in [1.29, 1.82) is 0 Å². The molecule has 24 heavy (non-hydrogen) atoms. The van der Waals surface area contributed by atoms with Crippen molar-refractivity contribution < 1.29 is 28.7 Å². The van der Waals surface area contributed by atoms with Crippen LogP contribution in [0.15, 0.2) is 0 Å². The van der Waals surface area contributed by atoms with Gasteiger partial charge in [0.2, 0.25) is 11.8 Å². The lowest BCUT2D eigenvalue weighted by atomic mass is 9.78. The molecule has 2 rings (SSSR count). The number of nitrogens with zero attached hydrogens (tertiary/aromatic N) is 1. The predicted octanol–water partition coefficient (Wildman–Crippen LogP) is 0.143. The number of imide groups is 1. The Morgan fingerprint density at radius 3 is 2.33 bits per heavy atom. The maximum absolute atomic E-state index is 12.8. The molecule has 2 fully saturated rings. The first kappa shape index (κ1) is 18.4. The van der Waals surface area contributed by atoms with Gasteiger partial charge in [-0.2, -0.15) is 0 Å². The smallest absolute Gasteiger partial charge is 0.325 e. The van der Waals surface area contributed by atoms with Crippen molar-refractivity contribution in [2.24, 2.45) is 0 Å². The summed E-state index contributed by atoms with van der Waals surface area (Å²) < 4.78 is 9.21. The van der Waals surface area contributed by atoms with Gasteiger partial charge in [0.25, 0.3) is 0 Å². The van der Waals surface area contributed by atoms with E-state index in [0.29, 0.717) is 12.8 Å². The number of rotatable bonds is 5. The van der Waals surface area contributed by atoms with Gasteiger partial charge in [-0.3, -0.25) is 29.4 Å². The summed E-state index contributed by atoms with van der Waals surface area (Å²) in [6.45, 7) is -0.397. The van der Waals surface area contributed by atoms with E-state index in [0.717, 1.165) is 24.2 Å². The normalized spacial score (nSPS) is 23.2. The molecule has 0 bridgehead atoms. The van der Waals surface area contributed by atoms with Crippen LogP contribution in [0.5, 0.6) is 0 Å². The second kappa shape index (κ2) is 7.74. The molecular weight excluding hydrogens is 316 g/mol. The van der Waals surface area contributed by atoms with Crippen LogP contribution >= 0.6 is 0 Å². The van der Waals surface area contributed by atoms with E-state index in [1.807, 2.05) is 0 Å². The van der Waals surface area contributed by atoms with E-state index in [-0.39, 0.29) is 18.7 Å². The van der Waals surface area contributed by atoms with Gasteiger partial charge in [-0.1, -0.05) is 19.3 Å². The molecule has 0 aromatic rings. The van der Waals surface area contributed by atoms with E-state index >= 15 is 0 Å². The molecule has 1 aliphatic heterocycles. The van der Waals surface area contributed by atoms with E-state index < -0.39 is 36.0 Å². The van der Waals surface area contributed by atoms with Crippen LogP contribution in [0.4, 0.5) is 0 Å². The monoisotopic (exact) mass is 340 g/mol. The van der Waals surface area contributed by atoms with E-state index in [4.69, 9.17) is 0 Å². The second-order valence-corrected chi connectivity index (χ2v) is 6.26. The summed E-state index contributed by atoms with van der Waals surface area (Å²) in [5.74, 6) is -1.92. The number of methoxy groups -OCH3 is 2. The molecule has 1 spiro atoms. The Morgan fingerprint density at radius 1 is 1.12 bits per heavy atom. The fourth-order valence-electron chi connectivity index (χ4n) is 3.42. The summed E-state index contributed by atoms with van der Waals surface area (Å²) >= 11 is 0. The number of nitrogens with one attached hydrogen (secondary N) is 1. The standard InChI is InChI=1S/C16H24N2O6/c1-23-12(19)7-6-11-14(21)18(10-13(20)24-2)15(22)16(17-11)8-4-3-5-9-16/h11,17H,3-10H2,1-2H3/t11-/m0/s1. The van der Waals surface area contributed by atoms with Crippen molar-refractivity contribution >= 4 is 23.8 Å². The number of piperazine rings is 1. The predicted molar refractivity (Wildman–Crippen MR) is 82.7 cm³/mol. The minimum Gasteiger partial charge on any atom is -0.469 e.